The number of aliphatic hydroxyl groups excluding tert-OH is 1. The minimum atomic E-state index is -0.550. The number of benzene rings is 1. The first-order chi connectivity index (χ1) is 18.4. The summed E-state index contributed by atoms with van der Waals surface area (Å²) in [4.78, 5) is 56.0. The lowest BCUT2D eigenvalue weighted by atomic mass is 9.59. The maximum absolute atomic E-state index is 14.0. The second kappa shape index (κ2) is 9.77. The van der Waals surface area contributed by atoms with Gasteiger partial charge >= 0.3 is 0 Å². The number of allylic oxidation sites excluding steroid dienone is 6. The Morgan fingerprint density at radius 1 is 1.00 bits per heavy atom. The molecule has 2 fully saturated rings. The molecule has 6 rings (SSSR count). The van der Waals surface area contributed by atoms with Crippen LogP contribution >= 0.6 is 0 Å². The van der Waals surface area contributed by atoms with Crippen LogP contribution in [-0.2, 0) is 19.2 Å². The molecule has 2 amide bonds. The Labute approximate surface area is 222 Å². The molecule has 1 saturated carbocycles. The van der Waals surface area contributed by atoms with Gasteiger partial charge in [0.1, 0.15) is 12.4 Å². The van der Waals surface area contributed by atoms with Crippen molar-refractivity contribution in [3.05, 3.63) is 64.3 Å². The normalized spacial score (nSPS) is 29.6. The molecule has 38 heavy (non-hydrogen) atoms. The van der Waals surface area contributed by atoms with E-state index in [-0.39, 0.29) is 55.0 Å². The Kier molecular flexibility index (Phi) is 6.42. The average Bonchev–Trinajstić information content (AvgIpc) is 3.19. The summed E-state index contributed by atoms with van der Waals surface area (Å²) >= 11 is 0. The molecule has 4 atom stereocenters. The van der Waals surface area contributed by atoms with Crippen LogP contribution in [-0.4, -0.2) is 52.6 Å². The fourth-order valence-electron chi connectivity index (χ4n) is 7.45. The minimum Gasteiger partial charge on any atom is -0.491 e. The molecule has 1 aliphatic heterocycles. The summed E-state index contributed by atoms with van der Waals surface area (Å²) in [6.45, 7) is 1.60. The van der Waals surface area contributed by atoms with Gasteiger partial charge in [0.25, 0.3) is 0 Å². The van der Waals surface area contributed by atoms with Crippen LogP contribution in [0.15, 0.2) is 58.7 Å². The van der Waals surface area contributed by atoms with Gasteiger partial charge in [-0.2, -0.15) is 0 Å². The summed E-state index contributed by atoms with van der Waals surface area (Å²) < 4.78 is 5.87. The van der Waals surface area contributed by atoms with E-state index >= 15 is 0 Å². The zero-order chi connectivity index (χ0) is 26.6. The zero-order valence-electron chi connectivity index (χ0n) is 21.7. The van der Waals surface area contributed by atoms with Crippen molar-refractivity contribution in [2.45, 2.75) is 63.8 Å². The lowest BCUT2D eigenvalue weighted by Gasteiger charge is -2.42. The molecule has 4 aliphatic carbocycles. The average molecular weight is 516 g/mol. The van der Waals surface area contributed by atoms with Gasteiger partial charge in [-0.1, -0.05) is 49.1 Å². The summed E-state index contributed by atoms with van der Waals surface area (Å²) in [6, 6.07) is 7.34. The second-order valence-corrected chi connectivity index (χ2v) is 11.2. The topological polar surface area (TPSA) is 101 Å². The van der Waals surface area contributed by atoms with Crippen molar-refractivity contribution in [3.8, 4) is 5.75 Å². The van der Waals surface area contributed by atoms with Crippen LogP contribution in [0.25, 0.3) is 0 Å². The van der Waals surface area contributed by atoms with E-state index in [4.69, 9.17) is 4.74 Å². The Balaban J connectivity index is 1.46. The molecule has 0 spiro atoms. The van der Waals surface area contributed by atoms with Crippen molar-refractivity contribution >= 4 is 23.4 Å². The van der Waals surface area contributed by atoms with Crippen molar-refractivity contribution in [3.63, 3.8) is 0 Å². The molecule has 0 aromatic heterocycles. The summed E-state index contributed by atoms with van der Waals surface area (Å²) in [5.41, 5.74) is 2.96. The molecule has 4 unspecified atom stereocenters. The van der Waals surface area contributed by atoms with Crippen LogP contribution in [0.5, 0.6) is 5.75 Å². The van der Waals surface area contributed by atoms with Gasteiger partial charge in [0.2, 0.25) is 11.8 Å². The van der Waals surface area contributed by atoms with Gasteiger partial charge in [-0.15, -0.1) is 0 Å². The maximum atomic E-state index is 14.0. The van der Waals surface area contributed by atoms with Crippen molar-refractivity contribution in [1.82, 2.24) is 4.90 Å². The number of ether oxygens (including phenoxy) is 1. The van der Waals surface area contributed by atoms with Crippen LogP contribution < -0.4 is 4.74 Å². The maximum Gasteiger partial charge on any atom is 0.233 e. The SMILES string of the molecule is CC1=CC(=O)C2=C(C1=O)C(c1ccccc1OCCO)C1=CCC3C(=O)N(C4CCCCC4)C(=O)C3C1C2. The van der Waals surface area contributed by atoms with Crippen LogP contribution in [0.1, 0.15) is 63.4 Å². The van der Waals surface area contributed by atoms with E-state index in [9.17, 15) is 24.3 Å². The van der Waals surface area contributed by atoms with E-state index in [2.05, 4.69) is 0 Å². The summed E-state index contributed by atoms with van der Waals surface area (Å²) in [6.07, 6.45) is 9.06. The first-order valence-corrected chi connectivity index (χ1v) is 13.8. The third kappa shape index (κ3) is 3.82. The van der Waals surface area contributed by atoms with Gasteiger partial charge in [0, 0.05) is 34.2 Å². The zero-order valence-corrected chi connectivity index (χ0v) is 21.7. The lowest BCUT2D eigenvalue weighted by molar-refractivity contribution is -0.143. The number of fused-ring (bicyclic) bond motifs is 3. The van der Waals surface area contributed by atoms with Gasteiger partial charge in [-0.3, -0.25) is 24.1 Å². The van der Waals surface area contributed by atoms with E-state index in [1.165, 1.54) is 6.08 Å². The number of amides is 2. The third-order valence-corrected chi connectivity index (χ3v) is 9.12. The number of hydrogen-bond acceptors (Lipinski definition) is 6. The second-order valence-electron chi connectivity index (χ2n) is 11.2. The third-order valence-electron chi connectivity index (χ3n) is 9.12. The van der Waals surface area contributed by atoms with Crippen LogP contribution in [0.4, 0.5) is 0 Å². The fraction of sp³-hybridized carbons (Fsp3) is 0.484. The fourth-order valence-corrected chi connectivity index (χ4v) is 7.45. The molecule has 1 aromatic carbocycles. The predicted octanol–water partition coefficient (Wildman–Crippen LogP) is 3.82. The summed E-state index contributed by atoms with van der Waals surface area (Å²) in [5.74, 6) is -1.85. The highest BCUT2D eigenvalue weighted by atomic mass is 16.5. The molecule has 198 valence electrons. The number of Topliss-reactive ketones (excluding diaryl/α,β-unsaturated/α-hetero) is 1. The Morgan fingerprint density at radius 3 is 2.53 bits per heavy atom. The number of hydrogen-bond donors (Lipinski definition) is 1. The molecular weight excluding hydrogens is 482 g/mol. The van der Waals surface area contributed by atoms with Crippen LogP contribution in [0.3, 0.4) is 0 Å². The molecule has 1 aromatic rings. The van der Waals surface area contributed by atoms with Crippen LogP contribution in [0, 0.1) is 17.8 Å². The predicted molar refractivity (Wildman–Crippen MR) is 139 cm³/mol. The number of aliphatic hydroxyl groups is 1. The Morgan fingerprint density at radius 2 is 1.76 bits per heavy atom. The lowest BCUT2D eigenvalue weighted by Crippen LogP contribution is -2.43. The van der Waals surface area contributed by atoms with Gasteiger partial charge in [0.05, 0.1) is 18.4 Å². The van der Waals surface area contributed by atoms with Crippen molar-refractivity contribution < 1.29 is 29.0 Å². The highest BCUT2D eigenvalue weighted by Crippen LogP contribution is 2.56. The minimum absolute atomic E-state index is 0.0388. The number of para-hydroxylation sites is 1. The molecule has 1 N–H and O–H groups in total. The smallest absolute Gasteiger partial charge is 0.233 e. The molecular formula is C31H33NO6. The highest BCUT2D eigenvalue weighted by molar-refractivity contribution is 6.24. The van der Waals surface area contributed by atoms with Crippen molar-refractivity contribution in [1.29, 1.82) is 0 Å². The highest BCUT2D eigenvalue weighted by Gasteiger charge is 2.57. The molecule has 7 heteroatoms. The van der Waals surface area contributed by atoms with Gasteiger partial charge in [-0.05, 0) is 50.7 Å². The number of nitrogens with zero attached hydrogens (tertiary/aromatic N) is 1. The van der Waals surface area contributed by atoms with Gasteiger partial charge in [0.15, 0.2) is 11.6 Å². The first kappa shape index (κ1) is 25.0. The molecule has 7 nitrogen and oxygen atoms in total. The van der Waals surface area contributed by atoms with E-state index in [0.29, 0.717) is 28.9 Å². The molecule has 0 bridgehead atoms. The number of imide groups is 1. The Bertz CT molecular complexity index is 1310. The van der Waals surface area contributed by atoms with E-state index in [1.807, 2.05) is 24.3 Å². The van der Waals surface area contributed by atoms with E-state index in [1.54, 1.807) is 17.9 Å². The number of rotatable bonds is 5. The quantitative estimate of drug-likeness (QED) is 0.364. The standard InChI is InChI=1S/C31H33NO6/c1-17-15-24(34)23-16-22-19(26(28(23)29(17)35)20-9-5-6-10-25(20)38-14-13-33)11-12-21-27(22)31(37)32(30(21)36)18-7-3-2-4-8-18/h5-6,9-11,15,18,21-22,26-27,33H,2-4,7-8,12-14,16H2,1H3. The number of ketones is 2. The number of carbonyl (C=O) groups excluding carboxylic acids is 4. The summed E-state index contributed by atoms with van der Waals surface area (Å²) in [5, 5.41) is 9.38. The van der Waals surface area contributed by atoms with Crippen molar-refractivity contribution in [2.75, 3.05) is 13.2 Å². The van der Waals surface area contributed by atoms with Gasteiger partial charge < -0.3 is 9.84 Å². The van der Waals surface area contributed by atoms with E-state index in [0.717, 1.165) is 43.2 Å². The molecule has 1 heterocycles. The molecule has 0 radical (unpaired) electrons. The van der Waals surface area contributed by atoms with Crippen LogP contribution in [0.2, 0.25) is 0 Å². The van der Waals surface area contributed by atoms with E-state index < -0.39 is 17.8 Å². The molecule has 1 saturated heterocycles. The largest absolute Gasteiger partial charge is 0.491 e. The number of carbonyl (C=O) groups is 4. The Hall–Kier alpha value is -3.32. The monoisotopic (exact) mass is 515 g/mol. The van der Waals surface area contributed by atoms with Gasteiger partial charge in [-0.25, -0.2) is 0 Å². The number of likely N-dealkylation sites (tertiary alicyclic amines) is 1. The van der Waals surface area contributed by atoms with Crippen molar-refractivity contribution in [2.24, 2.45) is 17.8 Å². The first-order valence-electron chi connectivity index (χ1n) is 13.8. The summed E-state index contributed by atoms with van der Waals surface area (Å²) in [7, 11) is 0. The molecule has 5 aliphatic rings.